The lowest BCUT2D eigenvalue weighted by Crippen LogP contribution is -2.42. The van der Waals surface area contributed by atoms with Crippen LogP contribution in [0, 0.1) is 0 Å². The molecule has 1 aliphatic carbocycles. The molecule has 0 radical (unpaired) electrons. The lowest BCUT2D eigenvalue weighted by molar-refractivity contribution is 0.0933. The van der Waals surface area contributed by atoms with Crippen LogP contribution in [0.4, 0.5) is 0 Å². The number of piperidine rings is 1. The number of amides is 1. The molecule has 1 fully saturated rings. The fraction of sp³-hybridized carbons (Fsp3) is 0.688. The van der Waals surface area contributed by atoms with Gasteiger partial charge in [-0.1, -0.05) is 12.8 Å². The number of thiophene rings is 1. The third kappa shape index (κ3) is 3.41. The monoisotopic (exact) mass is 292 g/mol. The fourth-order valence-corrected chi connectivity index (χ4v) is 4.34. The van der Waals surface area contributed by atoms with Gasteiger partial charge in [0.25, 0.3) is 5.91 Å². The smallest absolute Gasteiger partial charge is 0.261 e. The maximum absolute atomic E-state index is 12.4. The Balaban J connectivity index is 1.66. The van der Waals surface area contributed by atoms with Gasteiger partial charge in [-0.15, -0.1) is 11.3 Å². The van der Waals surface area contributed by atoms with Crippen molar-refractivity contribution in [2.75, 3.05) is 13.1 Å². The summed E-state index contributed by atoms with van der Waals surface area (Å²) in [7, 11) is 0. The number of nitrogens with one attached hydrogen (secondary N) is 2. The van der Waals surface area contributed by atoms with Gasteiger partial charge in [-0.05, 0) is 63.2 Å². The highest BCUT2D eigenvalue weighted by Crippen LogP contribution is 2.28. The molecule has 110 valence electrons. The SMILES string of the molecule is O=C(NC1CCNCC1)c1cc2c(s1)CCCCCC2. The summed E-state index contributed by atoms with van der Waals surface area (Å²) in [4.78, 5) is 14.8. The van der Waals surface area contributed by atoms with Crippen LogP contribution in [0.3, 0.4) is 0 Å². The van der Waals surface area contributed by atoms with Gasteiger partial charge in [0.05, 0.1) is 4.88 Å². The van der Waals surface area contributed by atoms with Crippen molar-refractivity contribution in [2.24, 2.45) is 0 Å². The molecule has 1 saturated heterocycles. The molecule has 0 aromatic carbocycles. The second-order valence-electron chi connectivity index (χ2n) is 5.97. The van der Waals surface area contributed by atoms with E-state index in [9.17, 15) is 4.79 Å². The lowest BCUT2D eigenvalue weighted by Gasteiger charge is -2.23. The molecule has 2 aliphatic rings. The van der Waals surface area contributed by atoms with Crippen LogP contribution in [0.25, 0.3) is 0 Å². The Kier molecular flexibility index (Phi) is 4.73. The van der Waals surface area contributed by atoms with Crippen molar-refractivity contribution < 1.29 is 4.79 Å². The topological polar surface area (TPSA) is 41.1 Å². The number of fused-ring (bicyclic) bond motifs is 1. The van der Waals surface area contributed by atoms with Gasteiger partial charge < -0.3 is 10.6 Å². The van der Waals surface area contributed by atoms with Crippen LogP contribution in [-0.4, -0.2) is 25.0 Å². The van der Waals surface area contributed by atoms with Crippen molar-refractivity contribution in [3.63, 3.8) is 0 Å². The summed E-state index contributed by atoms with van der Waals surface area (Å²) in [5.74, 6) is 0.147. The summed E-state index contributed by atoms with van der Waals surface area (Å²) in [5.41, 5.74) is 1.44. The maximum Gasteiger partial charge on any atom is 0.261 e. The molecule has 1 aliphatic heterocycles. The highest BCUT2D eigenvalue weighted by Gasteiger charge is 2.19. The number of carbonyl (C=O) groups excluding carboxylic acids is 1. The Morgan fingerprint density at radius 2 is 1.90 bits per heavy atom. The van der Waals surface area contributed by atoms with Crippen molar-refractivity contribution in [3.05, 3.63) is 21.4 Å². The standard InChI is InChI=1S/C16H24N2OS/c19-16(18-13-7-9-17-10-8-13)15-11-12-5-3-1-2-4-6-14(12)20-15/h11,13,17H,1-10H2,(H,18,19). The minimum absolute atomic E-state index is 0.147. The van der Waals surface area contributed by atoms with Crippen molar-refractivity contribution in [3.8, 4) is 0 Å². The van der Waals surface area contributed by atoms with E-state index in [0.29, 0.717) is 6.04 Å². The molecule has 0 atom stereocenters. The number of aryl methyl sites for hydroxylation is 2. The van der Waals surface area contributed by atoms with Crippen LogP contribution in [0.1, 0.15) is 58.6 Å². The molecular formula is C16H24N2OS. The third-order valence-corrected chi connectivity index (χ3v) is 5.63. The number of hydrogen-bond acceptors (Lipinski definition) is 3. The molecule has 3 nitrogen and oxygen atoms in total. The fourth-order valence-electron chi connectivity index (χ4n) is 3.18. The van der Waals surface area contributed by atoms with E-state index >= 15 is 0 Å². The van der Waals surface area contributed by atoms with Gasteiger partial charge >= 0.3 is 0 Å². The van der Waals surface area contributed by atoms with Crippen LogP contribution in [0.15, 0.2) is 6.07 Å². The minimum Gasteiger partial charge on any atom is -0.349 e. The van der Waals surface area contributed by atoms with Crippen LogP contribution in [0.2, 0.25) is 0 Å². The summed E-state index contributed by atoms with van der Waals surface area (Å²) in [6.07, 6.45) is 9.67. The first-order valence-corrected chi connectivity index (χ1v) is 8.78. The van der Waals surface area contributed by atoms with E-state index < -0.39 is 0 Å². The average Bonchev–Trinajstić information content (AvgIpc) is 2.82. The summed E-state index contributed by atoms with van der Waals surface area (Å²) >= 11 is 1.73. The van der Waals surface area contributed by atoms with Crippen LogP contribution < -0.4 is 10.6 Å². The lowest BCUT2D eigenvalue weighted by atomic mass is 9.99. The van der Waals surface area contributed by atoms with Crippen LogP contribution in [0.5, 0.6) is 0 Å². The van der Waals surface area contributed by atoms with Crippen LogP contribution in [-0.2, 0) is 12.8 Å². The van der Waals surface area contributed by atoms with Crippen molar-refractivity contribution in [1.29, 1.82) is 0 Å². The molecule has 1 aromatic heterocycles. The molecule has 0 saturated carbocycles. The predicted molar refractivity (Wildman–Crippen MR) is 83.6 cm³/mol. The Morgan fingerprint density at radius 3 is 2.70 bits per heavy atom. The Morgan fingerprint density at radius 1 is 1.15 bits per heavy atom. The van der Waals surface area contributed by atoms with Gasteiger partial charge in [-0.25, -0.2) is 0 Å². The van der Waals surface area contributed by atoms with Crippen LogP contribution >= 0.6 is 11.3 Å². The van der Waals surface area contributed by atoms with Gasteiger partial charge in [0.2, 0.25) is 0 Å². The first-order valence-electron chi connectivity index (χ1n) is 7.96. The van der Waals surface area contributed by atoms with Crippen molar-refractivity contribution in [1.82, 2.24) is 10.6 Å². The molecule has 1 amide bonds. The zero-order valence-corrected chi connectivity index (χ0v) is 12.9. The van der Waals surface area contributed by atoms with E-state index in [0.717, 1.165) is 37.2 Å². The molecule has 4 heteroatoms. The van der Waals surface area contributed by atoms with Gasteiger partial charge in [-0.2, -0.15) is 0 Å². The second kappa shape index (κ2) is 6.72. The maximum atomic E-state index is 12.4. The average molecular weight is 292 g/mol. The molecule has 0 bridgehead atoms. The minimum atomic E-state index is 0.147. The van der Waals surface area contributed by atoms with E-state index in [4.69, 9.17) is 0 Å². The van der Waals surface area contributed by atoms with Gasteiger partial charge in [0, 0.05) is 10.9 Å². The van der Waals surface area contributed by atoms with Crippen molar-refractivity contribution in [2.45, 2.75) is 57.4 Å². The van der Waals surface area contributed by atoms with E-state index in [1.54, 1.807) is 11.3 Å². The van der Waals surface area contributed by atoms with Gasteiger partial charge in [-0.3, -0.25) is 4.79 Å². The second-order valence-corrected chi connectivity index (χ2v) is 7.11. The first-order chi connectivity index (χ1) is 9.83. The number of rotatable bonds is 2. The largest absolute Gasteiger partial charge is 0.349 e. The molecule has 3 rings (SSSR count). The Hall–Kier alpha value is -0.870. The summed E-state index contributed by atoms with van der Waals surface area (Å²) in [6.45, 7) is 2.04. The zero-order chi connectivity index (χ0) is 13.8. The highest BCUT2D eigenvalue weighted by molar-refractivity contribution is 7.14. The van der Waals surface area contributed by atoms with Crippen molar-refractivity contribution >= 4 is 17.2 Å². The summed E-state index contributed by atoms with van der Waals surface area (Å²) in [6, 6.07) is 2.51. The summed E-state index contributed by atoms with van der Waals surface area (Å²) in [5, 5.41) is 6.54. The molecular weight excluding hydrogens is 268 g/mol. The molecule has 2 N–H and O–H groups in total. The van der Waals surface area contributed by atoms with E-state index in [-0.39, 0.29) is 5.91 Å². The van der Waals surface area contributed by atoms with Gasteiger partial charge in [0.1, 0.15) is 0 Å². The normalized spacial score (nSPS) is 20.8. The van der Waals surface area contributed by atoms with E-state index in [1.807, 2.05) is 0 Å². The molecule has 2 heterocycles. The molecule has 0 unspecified atom stereocenters. The molecule has 0 spiro atoms. The van der Waals surface area contributed by atoms with E-state index in [2.05, 4.69) is 16.7 Å². The summed E-state index contributed by atoms with van der Waals surface area (Å²) < 4.78 is 0. The number of hydrogen-bond donors (Lipinski definition) is 2. The predicted octanol–water partition coefficient (Wildman–Crippen LogP) is 2.89. The number of carbonyl (C=O) groups is 1. The Labute approximate surface area is 125 Å². The zero-order valence-electron chi connectivity index (χ0n) is 12.0. The Bertz CT molecular complexity index is 438. The molecule has 1 aromatic rings. The quantitative estimate of drug-likeness (QED) is 0.880. The third-order valence-electron chi connectivity index (χ3n) is 4.39. The van der Waals surface area contributed by atoms with Gasteiger partial charge in [0.15, 0.2) is 0 Å². The highest BCUT2D eigenvalue weighted by atomic mass is 32.1. The van der Waals surface area contributed by atoms with E-state index in [1.165, 1.54) is 42.5 Å². The molecule has 20 heavy (non-hydrogen) atoms. The first kappa shape index (κ1) is 14.1.